The Hall–Kier alpha value is -5.10. The van der Waals surface area contributed by atoms with Crippen LogP contribution in [0.4, 0.5) is 26.7 Å². The van der Waals surface area contributed by atoms with Crippen LogP contribution in [0.25, 0.3) is 10.8 Å². The number of aryl methyl sites for hydroxylation is 2. The number of aromatic nitrogens is 1. The Bertz CT molecular complexity index is 1700. The van der Waals surface area contributed by atoms with E-state index >= 15 is 0 Å². The fourth-order valence-corrected chi connectivity index (χ4v) is 5.39. The number of hydrogen-bond donors (Lipinski definition) is 4. The van der Waals surface area contributed by atoms with Crippen LogP contribution in [0.3, 0.4) is 0 Å². The van der Waals surface area contributed by atoms with E-state index in [-0.39, 0.29) is 54.6 Å². The highest BCUT2D eigenvalue weighted by Gasteiger charge is 2.35. The number of ether oxygens (including phenoxy) is 1. The number of carbonyl (C=O) groups is 3. The maximum Gasteiger partial charge on any atom is 0.323 e. The van der Waals surface area contributed by atoms with Crippen molar-refractivity contribution in [2.45, 2.75) is 39.8 Å². The number of nitrogens with zero attached hydrogens (tertiary/aromatic N) is 3. The van der Waals surface area contributed by atoms with E-state index in [9.17, 15) is 19.5 Å². The van der Waals surface area contributed by atoms with E-state index in [1.165, 1.54) is 4.90 Å². The van der Waals surface area contributed by atoms with Crippen molar-refractivity contribution in [3.63, 3.8) is 0 Å². The molecule has 0 bridgehead atoms. The standard InChI is InChI=1S/C33H38N6O6/c1-19-16-39(20(2)18-40)31(41)25-13-9-15-27(34-32(42)36-29-21(3)37-45-22(29)4)30(25)44-28(19)17-38(5)33(43)35-26-14-8-11-23-10-6-7-12-24(23)26/h6-15,19-20,28,40H,16-18H2,1-5H3,(H,35,43)(H2,34,36,42)/t19-,20-,28+/m1/s1. The molecule has 1 aromatic heterocycles. The Morgan fingerprint density at radius 2 is 1.76 bits per heavy atom. The molecule has 4 N–H and O–H groups in total. The lowest BCUT2D eigenvalue weighted by molar-refractivity contribution is 0.0373. The van der Waals surface area contributed by atoms with Gasteiger partial charge in [-0.2, -0.15) is 0 Å². The third-order valence-electron chi connectivity index (χ3n) is 8.04. The number of likely N-dealkylation sites (N-methyl/N-ethyl adjacent to an activating group) is 1. The van der Waals surface area contributed by atoms with Gasteiger partial charge in [0, 0.05) is 24.9 Å². The molecule has 45 heavy (non-hydrogen) atoms. The second-order valence-electron chi connectivity index (χ2n) is 11.4. The molecule has 1 aliphatic rings. The largest absolute Gasteiger partial charge is 0.485 e. The molecule has 0 fully saturated rings. The average Bonchev–Trinajstić information content (AvgIpc) is 3.34. The summed E-state index contributed by atoms with van der Waals surface area (Å²) in [6.45, 7) is 7.32. The molecule has 2 heterocycles. The van der Waals surface area contributed by atoms with Crippen LogP contribution in [0.5, 0.6) is 5.75 Å². The van der Waals surface area contributed by atoms with Gasteiger partial charge >= 0.3 is 12.1 Å². The van der Waals surface area contributed by atoms with Crippen LogP contribution in [-0.4, -0.2) is 76.9 Å². The van der Waals surface area contributed by atoms with Crippen LogP contribution in [0.2, 0.25) is 0 Å². The Morgan fingerprint density at radius 1 is 1.04 bits per heavy atom. The molecule has 1 aliphatic heterocycles. The van der Waals surface area contributed by atoms with Gasteiger partial charge in [-0.05, 0) is 44.4 Å². The SMILES string of the molecule is Cc1noc(C)c1NC(=O)Nc1cccc2c1O[C@@H](CN(C)C(=O)Nc1cccc3ccccc13)[C@H](C)CN([C@H](C)CO)C2=O. The quantitative estimate of drug-likeness (QED) is 0.216. The first kappa shape index (κ1) is 31.3. The van der Waals surface area contributed by atoms with Crippen LogP contribution in [-0.2, 0) is 0 Å². The highest BCUT2D eigenvalue weighted by atomic mass is 16.5. The molecular weight excluding hydrogens is 576 g/mol. The zero-order valence-corrected chi connectivity index (χ0v) is 26.0. The Kier molecular flexibility index (Phi) is 9.24. The summed E-state index contributed by atoms with van der Waals surface area (Å²) in [6.07, 6.45) is -0.581. The van der Waals surface area contributed by atoms with Crippen molar-refractivity contribution in [2.75, 3.05) is 42.7 Å². The van der Waals surface area contributed by atoms with E-state index in [0.717, 1.165) is 10.8 Å². The molecule has 0 saturated carbocycles. The first-order chi connectivity index (χ1) is 21.6. The topological polar surface area (TPSA) is 149 Å². The van der Waals surface area contributed by atoms with Gasteiger partial charge in [0.2, 0.25) is 0 Å². The maximum atomic E-state index is 13.8. The van der Waals surface area contributed by atoms with Crippen LogP contribution in [0.1, 0.15) is 35.7 Å². The van der Waals surface area contributed by atoms with Crippen LogP contribution in [0.15, 0.2) is 65.2 Å². The van der Waals surface area contributed by atoms with E-state index in [4.69, 9.17) is 9.26 Å². The molecule has 5 amide bonds. The summed E-state index contributed by atoms with van der Waals surface area (Å²) in [5.74, 6) is 0.0255. The molecule has 4 aromatic rings. The summed E-state index contributed by atoms with van der Waals surface area (Å²) in [4.78, 5) is 43.4. The predicted molar refractivity (Wildman–Crippen MR) is 172 cm³/mol. The second-order valence-corrected chi connectivity index (χ2v) is 11.4. The number of urea groups is 2. The number of nitrogens with one attached hydrogen (secondary N) is 3. The van der Waals surface area contributed by atoms with Crippen molar-refractivity contribution in [3.05, 3.63) is 77.7 Å². The van der Waals surface area contributed by atoms with Gasteiger partial charge in [-0.25, -0.2) is 9.59 Å². The van der Waals surface area contributed by atoms with Gasteiger partial charge < -0.3 is 40.1 Å². The molecular formula is C33H38N6O6. The highest BCUT2D eigenvalue weighted by molar-refractivity contribution is 6.05. The zero-order chi connectivity index (χ0) is 32.2. The van der Waals surface area contributed by atoms with Gasteiger partial charge in [0.05, 0.1) is 36.1 Å². The molecule has 12 nitrogen and oxygen atoms in total. The summed E-state index contributed by atoms with van der Waals surface area (Å²) in [7, 11) is 1.68. The van der Waals surface area contributed by atoms with Gasteiger partial charge in [0.1, 0.15) is 17.5 Å². The van der Waals surface area contributed by atoms with Crippen molar-refractivity contribution in [1.82, 2.24) is 15.0 Å². The smallest absolute Gasteiger partial charge is 0.323 e. The highest BCUT2D eigenvalue weighted by Crippen LogP contribution is 2.35. The fourth-order valence-electron chi connectivity index (χ4n) is 5.39. The normalized spacial score (nSPS) is 17.0. The number of aliphatic hydroxyl groups is 1. The van der Waals surface area contributed by atoms with E-state index in [0.29, 0.717) is 22.8 Å². The van der Waals surface area contributed by atoms with Gasteiger partial charge in [-0.15, -0.1) is 0 Å². The van der Waals surface area contributed by atoms with Gasteiger partial charge in [0.25, 0.3) is 5.91 Å². The number of carbonyl (C=O) groups excluding carboxylic acids is 3. The second kappa shape index (κ2) is 13.3. The lowest BCUT2D eigenvalue weighted by Crippen LogP contribution is -2.50. The number of hydrogen-bond acceptors (Lipinski definition) is 7. The molecule has 3 atom stereocenters. The lowest BCUT2D eigenvalue weighted by atomic mass is 9.99. The Balaban J connectivity index is 1.42. The summed E-state index contributed by atoms with van der Waals surface area (Å²) in [6, 6.07) is 17.1. The minimum absolute atomic E-state index is 0.172. The molecule has 0 spiro atoms. The fraction of sp³-hybridized carbons (Fsp3) is 0.333. The third kappa shape index (κ3) is 6.70. The van der Waals surface area contributed by atoms with Gasteiger partial charge in [-0.1, -0.05) is 54.5 Å². The molecule has 5 rings (SSSR count). The first-order valence-corrected chi connectivity index (χ1v) is 14.8. The predicted octanol–water partition coefficient (Wildman–Crippen LogP) is 5.47. The molecule has 0 aliphatic carbocycles. The summed E-state index contributed by atoms with van der Waals surface area (Å²) in [5, 5.41) is 24.3. The van der Waals surface area contributed by atoms with Crippen molar-refractivity contribution in [3.8, 4) is 5.75 Å². The number of aliphatic hydroxyl groups excluding tert-OH is 1. The van der Waals surface area contributed by atoms with Crippen LogP contribution in [0, 0.1) is 19.8 Å². The van der Waals surface area contributed by atoms with Gasteiger partial charge in [0.15, 0.2) is 11.5 Å². The van der Waals surface area contributed by atoms with E-state index in [1.54, 1.807) is 50.9 Å². The van der Waals surface area contributed by atoms with Gasteiger partial charge in [-0.3, -0.25) is 4.79 Å². The molecule has 12 heteroatoms. The van der Waals surface area contributed by atoms with E-state index < -0.39 is 18.2 Å². The van der Waals surface area contributed by atoms with Crippen molar-refractivity contribution < 1.29 is 28.8 Å². The van der Waals surface area contributed by atoms with Crippen LogP contribution >= 0.6 is 0 Å². The average molecular weight is 615 g/mol. The molecule has 0 radical (unpaired) electrons. The number of rotatable bonds is 7. The zero-order valence-electron chi connectivity index (χ0n) is 26.0. The minimum Gasteiger partial charge on any atom is -0.485 e. The van der Waals surface area contributed by atoms with E-state index in [2.05, 4.69) is 21.1 Å². The summed E-state index contributed by atoms with van der Waals surface area (Å²) >= 11 is 0. The van der Waals surface area contributed by atoms with Crippen LogP contribution < -0.4 is 20.7 Å². The molecule has 3 aromatic carbocycles. The summed E-state index contributed by atoms with van der Waals surface area (Å²) in [5.41, 5.74) is 2.14. The minimum atomic E-state index is -0.581. The number of anilines is 3. The monoisotopic (exact) mass is 614 g/mol. The van der Waals surface area contributed by atoms with Crippen molar-refractivity contribution in [1.29, 1.82) is 0 Å². The van der Waals surface area contributed by atoms with Crippen molar-refractivity contribution >= 4 is 45.8 Å². The third-order valence-corrected chi connectivity index (χ3v) is 8.04. The van der Waals surface area contributed by atoms with E-state index in [1.807, 2.05) is 49.4 Å². The molecule has 0 saturated heterocycles. The number of benzene rings is 3. The maximum absolute atomic E-state index is 13.8. The molecule has 236 valence electrons. The first-order valence-electron chi connectivity index (χ1n) is 14.8. The Labute approximate surface area is 261 Å². The number of amides is 5. The van der Waals surface area contributed by atoms with Crippen molar-refractivity contribution in [2.24, 2.45) is 5.92 Å². The number of fused-ring (bicyclic) bond motifs is 2. The molecule has 0 unspecified atom stereocenters. The Morgan fingerprint density at radius 3 is 2.49 bits per heavy atom. The lowest BCUT2D eigenvalue weighted by Gasteiger charge is -2.38. The number of para-hydroxylation sites is 1. The summed E-state index contributed by atoms with van der Waals surface area (Å²) < 4.78 is 11.7.